The fourth-order valence-corrected chi connectivity index (χ4v) is 10.1. The summed E-state index contributed by atoms with van der Waals surface area (Å²) in [6.07, 6.45) is 6.36. The lowest BCUT2D eigenvalue weighted by Gasteiger charge is -2.35. The number of nitrogens with zero attached hydrogens (tertiary/aromatic N) is 4. The van der Waals surface area contributed by atoms with Crippen molar-refractivity contribution in [2.75, 3.05) is 32.6 Å². The molecule has 2 fully saturated rings. The van der Waals surface area contributed by atoms with Crippen molar-refractivity contribution < 1.29 is 42.2 Å². The predicted molar refractivity (Wildman–Crippen MR) is 247 cm³/mol. The third-order valence-electron chi connectivity index (χ3n) is 12.2. The molecule has 17 nitrogen and oxygen atoms in total. The van der Waals surface area contributed by atoms with Crippen LogP contribution in [0.15, 0.2) is 41.8 Å². The van der Waals surface area contributed by atoms with Crippen LogP contribution in [0.4, 0.5) is 9.93 Å². The van der Waals surface area contributed by atoms with Crippen molar-refractivity contribution in [2.45, 2.75) is 134 Å². The smallest absolute Gasteiger partial charge is 0.330 e. The first-order chi connectivity index (χ1) is 30.1. The molecule has 1 saturated heterocycles. The number of methoxy groups -OCH3 is 1. The van der Waals surface area contributed by atoms with Gasteiger partial charge in [-0.15, -0.1) is 11.3 Å². The minimum atomic E-state index is -3.63. The highest BCUT2D eigenvalue weighted by Crippen LogP contribution is 2.45. The van der Waals surface area contributed by atoms with Crippen molar-refractivity contribution in [1.29, 1.82) is 0 Å². The van der Waals surface area contributed by atoms with Gasteiger partial charge in [0.15, 0.2) is 5.13 Å². The van der Waals surface area contributed by atoms with E-state index in [0.29, 0.717) is 46.6 Å². The zero-order valence-electron chi connectivity index (χ0n) is 38.3. The Kier molecular flexibility index (Phi) is 14.8. The van der Waals surface area contributed by atoms with E-state index in [-0.39, 0.29) is 38.4 Å². The molecule has 1 unspecified atom stereocenters. The van der Waals surface area contributed by atoms with Crippen LogP contribution in [-0.2, 0) is 24.4 Å². The van der Waals surface area contributed by atoms with Gasteiger partial charge in [0.25, 0.3) is 0 Å². The van der Waals surface area contributed by atoms with Gasteiger partial charge in [0, 0.05) is 60.9 Å². The highest BCUT2D eigenvalue weighted by Gasteiger charge is 2.61. The Hall–Kier alpha value is -5.01. The van der Waals surface area contributed by atoms with Crippen molar-refractivity contribution in [1.82, 2.24) is 35.1 Å². The predicted octanol–water partition coefficient (Wildman–Crippen LogP) is 5.77. The third-order valence-corrected chi connectivity index (χ3v) is 15.2. The van der Waals surface area contributed by atoms with Gasteiger partial charge in [-0.1, -0.05) is 45.8 Å². The molecule has 0 bridgehead atoms. The Morgan fingerprint density at radius 3 is 2.52 bits per heavy atom. The number of nitrogens with one attached hydrogen (secondary N) is 4. The quantitative estimate of drug-likeness (QED) is 0.129. The van der Waals surface area contributed by atoms with Crippen molar-refractivity contribution >= 4 is 61.2 Å². The van der Waals surface area contributed by atoms with E-state index in [1.165, 1.54) is 27.6 Å². The maximum Gasteiger partial charge on any atom is 0.330 e. The summed E-state index contributed by atoms with van der Waals surface area (Å²) < 4.78 is 39.5. The summed E-state index contributed by atoms with van der Waals surface area (Å²) in [6.45, 7) is 12.9. The lowest BCUT2D eigenvalue weighted by atomic mass is 9.87. The summed E-state index contributed by atoms with van der Waals surface area (Å²) >= 11 is 1.45. The molecule has 1 aromatic carbocycles. The molecule has 3 aliphatic rings. The molecule has 1 aliphatic carbocycles. The number of urea groups is 1. The van der Waals surface area contributed by atoms with Crippen LogP contribution in [0, 0.1) is 11.3 Å². The third kappa shape index (κ3) is 11.1. The number of allylic oxidation sites excluding steroid dienone is 1. The summed E-state index contributed by atoms with van der Waals surface area (Å²) in [6, 6.07) is 3.85. The average molecular weight is 925 g/mol. The SMILES string of the molecule is COc1ccc2c(O[C@@H]3C[C@H]4C(=O)N[C@]5(C(=O)O)CC5C=CCCCCC[C@H](NC(=O)N[C@H](CN(C)S(=O)(=O)C(C)C)C(C)(C)C)C(=O)N4C3)cc(-c3csc(NC(C)C)n3)nc2c1. The summed E-state index contributed by atoms with van der Waals surface area (Å²) in [5.41, 5.74) is -0.345. The first-order valence-corrected chi connectivity index (χ1v) is 24.4. The van der Waals surface area contributed by atoms with Crippen LogP contribution in [0.5, 0.6) is 11.5 Å². The monoisotopic (exact) mass is 924 g/mol. The normalized spacial score (nSPS) is 23.8. The number of carbonyl (C=O) groups is 4. The van der Waals surface area contributed by atoms with E-state index in [9.17, 15) is 32.7 Å². The number of pyridine rings is 1. The van der Waals surface area contributed by atoms with Crippen LogP contribution in [-0.4, -0.2) is 125 Å². The van der Waals surface area contributed by atoms with Gasteiger partial charge in [0.1, 0.15) is 40.9 Å². The number of fused-ring (bicyclic) bond motifs is 3. The second-order valence-electron chi connectivity index (χ2n) is 18.8. The van der Waals surface area contributed by atoms with Crippen LogP contribution in [0.1, 0.15) is 93.4 Å². The van der Waals surface area contributed by atoms with Gasteiger partial charge in [0.05, 0.1) is 30.1 Å². The Labute approximate surface area is 380 Å². The van der Waals surface area contributed by atoms with E-state index < -0.39 is 80.2 Å². The van der Waals surface area contributed by atoms with Gasteiger partial charge in [-0.05, 0) is 70.9 Å². The van der Waals surface area contributed by atoms with Gasteiger partial charge in [-0.2, -0.15) is 0 Å². The highest BCUT2D eigenvalue weighted by atomic mass is 32.2. The molecule has 0 spiro atoms. The number of thiazole rings is 1. The van der Waals surface area contributed by atoms with Crippen LogP contribution in [0.3, 0.4) is 0 Å². The van der Waals surface area contributed by atoms with E-state index in [2.05, 4.69) is 21.3 Å². The molecule has 2 aliphatic heterocycles. The molecule has 6 rings (SSSR count). The minimum Gasteiger partial charge on any atom is -0.497 e. The fourth-order valence-electron chi connectivity index (χ4n) is 8.18. The molecule has 4 amide bonds. The molecule has 64 heavy (non-hydrogen) atoms. The second-order valence-corrected chi connectivity index (χ2v) is 22.3. The number of hydrogen-bond acceptors (Lipinski definition) is 12. The molecule has 2 aromatic heterocycles. The van der Waals surface area contributed by atoms with Crippen molar-refractivity contribution in [2.24, 2.45) is 11.3 Å². The number of carbonyl (C=O) groups excluding carboxylic acids is 3. The number of carboxylic acids is 1. The van der Waals surface area contributed by atoms with Crippen LogP contribution in [0.25, 0.3) is 22.3 Å². The Balaban J connectivity index is 1.32. The zero-order valence-corrected chi connectivity index (χ0v) is 39.9. The number of benzene rings is 1. The second kappa shape index (κ2) is 19.6. The first kappa shape index (κ1) is 48.4. The Morgan fingerprint density at radius 2 is 1.84 bits per heavy atom. The van der Waals surface area contributed by atoms with Crippen molar-refractivity contribution in [3.8, 4) is 22.9 Å². The standard InChI is InChI=1S/C45H64N8O9S2/c1-26(2)46-43-49-35(25-63-43)34-21-37(31-18-17-29(61-9)19-33(31)47-34)62-30-20-36-39(54)51-45(41(56)57)22-28(45)15-13-11-10-12-14-16-32(40(55)53(36)23-30)48-42(58)50-38(44(5,6)7)24-52(8)64(59,60)27(3)4/h13,15,17-19,21,25-28,30,32,36,38H,10-12,14,16,20,22-24H2,1-9H3,(H,46,49)(H,51,54)(H,56,57)(H2,48,50,58)/t28?,30-,32+,36+,38-,45-/m1/s1. The average Bonchev–Trinajstić information content (AvgIpc) is 3.48. The highest BCUT2D eigenvalue weighted by molar-refractivity contribution is 7.89. The first-order valence-electron chi connectivity index (χ1n) is 22.1. The summed E-state index contributed by atoms with van der Waals surface area (Å²) in [4.78, 5) is 67.0. The largest absolute Gasteiger partial charge is 0.497 e. The molecule has 3 aromatic rings. The minimum absolute atomic E-state index is 0.0000723. The summed E-state index contributed by atoms with van der Waals surface area (Å²) in [5.74, 6) is -1.68. The van der Waals surface area contributed by atoms with E-state index >= 15 is 0 Å². The van der Waals surface area contributed by atoms with Crippen molar-refractivity contribution in [3.05, 3.63) is 41.8 Å². The van der Waals surface area contributed by atoms with Gasteiger partial charge in [0.2, 0.25) is 21.8 Å². The number of aromatic nitrogens is 2. The van der Waals surface area contributed by atoms with E-state index in [0.717, 1.165) is 18.0 Å². The molecular weight excluding hydrogens is 861 g/mol. The number of ether oxygens (including phenoxy) is 2. The molecule has 0 radical (unpaired) electrons. The zero-order chi connectivity index (χ0) is 46.7. The maximum atomic E-state index is 14.9. The van der Waals surface area contributed by atoms with Crippen LogP contribution < -0.4 is 30.7 Å². The number of likely N-dealkylation sites (N-methyl/N-ethyl adjacent to an activating group) is 1. The molecule has 350 valence electrons. The van der Waals surface area contributed by atoms with Gasteiger partial charge in [-0.3, -0.25) is 9.59 Å². The van der Waals surface area contributed by atoms with Gasteiger partial charge >= 0.3 is 12.0 Å². The number of carboxylic acid groups (broad SMARTS) is 1. The lowest BCUT2D eigenvalue weighted by molar-refractivity contribution is -0.145. The summed E-state index contributed by atoms with van der Waals surface area (Å²) in [7, 11) is -0.582. The molecule has 5 N–H and O–H groups in total. The molecule has 6 atom stereocenters. The Morgan fingerprint density at radius 1 is 1.09 bits per heavy atom. The summed E-state index contributed by atoms with van der Waals surface area (Å²) in [5, 5.41) is 25.0. The Bertz CT molecular complexity index is 2350. The number of aliphatic carboxylic acids is 1. The maximum absolute atomic E-state index is 14.9. The van der Waals surface area contributed by atoms with Crippen LogP contribution in [0.2, 0.25) is 0 Å². The van der Waals surface area contributed by atoms with Crippen molar-refractivity contribution in [3.63, 3.8) is 0 Å². The molecule has 4 heterocycles. The molecule has 1 saturated carbocycles. The van der Waals surface area contributed by atoms with Crippen LogP contribution >= 0.6 is 11.3 Å². The number of sulfonamides is 1. The van der Waals surface area contributed by atoms with E-state index in [1.54, 1.807) is 39.2 Å². The number of anilines is 1. The molecule has 19 heteroatoms. The number of amides is 4. The van der Waals surface area contributed by atoms with E-state index in [4.69, 9.17) is 19.4 Å². The number of rotatable bonds is 13. The topological polar surface area (TPSA) is 221 Å². The lowest BCUT2D eigenvalue weighted by Crippen LogP contribution is -2.59. The number of hydrogen-bond donors (Lipinski definition) is 5. The van der Waals surface area contributed by atoms with Gasteiger partial charge in [-0.25, -0.2) is 32.3 Å². The fraction of sp³-hybridized carbons (Fsp3) is 0.600. The van der Waals surface area contributed by atoms with E-state index in [1.807, 2.05) is 58.2 Å². The van der Waals surface area contributed by atoms with Gasteiger partial charge < -0.3 is 40.7 Å². The molecular formula is C45H64N8O9S2.